The van der Waals surface area contributed by atoms with Gasteiger partial charge in [0.2, 0.25) is 5.88 Å². The number of aryl methyl sites for hydroxylation is 1. The number of nitrogens with zero attached hydrogens (tertiary/aromatic N) is 3. The number of nitrogens with one attached hydrogen (secondary N) is 1. The number of anilines is 1. The van der Waals surface area contributed by atoms with Gasteiger partial charge in [0.05, 0.1) is 11.1 Å². The highest BCUT2D eigenvalue weighted by atomic mass is 16.5. The van der Waals surface area contributed by atoms with Gasteiger partial charge in [0.1, 0.15) is 5.69 Å². The van der Waals surface area contributed by atoms with Gasteiger partial charge in [-0.2, -0.15) is 9.78 Å². The molecule has 2 aromatic heterocycles. The van der Waals surface area contributed by atoms with Crippen molar-refractivity contribution in [1.29, 1.82) is 0 Å². The summed E-state index contributed by atoms with van der Waals surface area (Å²) in [5.74, 6) is -0.314. The van der Waals surface area contributed by atoms with Gasteiger partial charge in [-0.05, 0) is 25.1 Å². The smallest absolute Gasteiger partial charge is 0.279 e. The number of rotatable bonds is 4. The van der Waals surface area contributed by atoms with Crippen LogP contribution in [-0.4, -0.2) is 20.8 Å². The largest absolute Gasteiger partial charge is 0.338 e. The van der Waals surface area contributed by atoms with Crippen molar-refractivity contribution in [3.63, 3.8) is 0 Å². The van der Waals surface area contributed by atoms with Gasteiger partial charge in [-0.1, -0.05) is 71.4 Å². The van der Waals surface area contributed by atoms with Crippen LogP contribution in [0.2, 0.25) is 0 Å². The molecule has 0 atom stereocenters. The molecule has 0 aliphatic heterocycles. The van der Waals surface area contributed by atoms with Crippen molar-refractivity contribution in [3.8, 4) is 16.9 Å². The van der Waals surface area contributed by atoms with E-state index in [1.54, 1.807) is 54.6 Å². The molecule has 0 spiro atoms. The van der Waals surface area contributed by atoms with Crippen LogP contribution >= 0.6 is 0 Å². The van der Waals surface area contributed by atoms with Gasteiger partial charge in [0.25, 0.3) is 11.5 Å². The maximum atomic E-state index is 13.1. The summed E-state index contributed by atoms with van der Waals surface area (Å²) in [4.78, 5) is 26.1. The number of hydrogen-bond acceptors (Lipinski definition) is 5. The fraction of sp³-hybridized carbons (Fsp3) is 0.0400. The highest BCUT2D eigenvalue weighted by Crippen LogP contribution is 2.23. The second-order valence-electron chi connectivity index (χ2n) is 7.34. The first-order valence-corrected chi connectivity index (χ1v) is 10.0. The molecule has 156 valence electrons. The molecular formula is C25H18N4O3. The van der Waals surface area contributed by atoms with E-state index in [4.69, 9.17) is 4.52 Å². The molecule has 1 amide bonds. The fourth-order valence-corrected chi connectivity index (χ4v) is 3.47. The summed E-state index contributed by atoms with van der Waals surface area (Å²) in [6, 6.07) is 25.3. The van der Waals surface area contributed by atoms with Gasteiger partial charge in [-0.3, -0.25) is 14.9 Å². The van der Waals surface area contributed by atoms with E-state index in [9.17, 15) is 9.59 Å². The summed E-state index contributed by atoms with van der Waals surface area (Å²) < 4.78 is 6.55. The van der Waals surface area contributed by atoms with Gasteiger partial charge in [-0.25, -0.2) is 0 Å². The SMILES string of the molecule is Cc1ccc(-c2cc(NC(=O)c3nn(-c4ccccc4)c(=O)c4ccccc34)on2)cc1. The van der Waals surface area contributed by atoms with E-state index in [2.05, 4.69) is 15.6 Å². The minimum Gasteiger partial charge on any atom is -0.338 e. The second kappa shape index (κ2) is 7.96. The van der Waals surface area contributed by atoms with Crippen LogP contribution in [0.1, 0.15) is 16.1 Å². The topological polar surface area (TPSA) is 90.0 Å². The van der Waals surface area contributed by atoms with Crippen molar-refractivity contribution in [2.24, 2.45) is 0 Å². The zero-order chi connectivity index (χ0) is 22.1. The van der Waals surface area contributed by atoms with E-state index in [0.29, 0.717) is 22.2 Å². The Balaban J connectivity index is 1.53. The molecule has 3 aromatic carbocycles. The monoisotopic (exact) mass is 422 g/mol. The summed E-state index contributed by atoms with van der Waals surface area (Å²) in [5.41, 5.74) is 2.99. The lowest BCUT2D eigenvalue weighted by Gasteiger charge is -2.10. The molecule has 1 N–H and O–H groups in total. The average molecular weight is 422 g/mol. The first-order chi connectivity index (χ1) is 15.6. The molecule has 0 saturated heterocycles. The van der Waals surface area contributed by atoms with Gasteiger partial charge < -0.3 is 4.52 Å². The molecule has 5 aromatic rings. The van der Waals surface area contributed by atoms with E-state index in [-0.39, 0.29) is 17.1 Å². The second-order valence-corrected chi connectivity index (χ2v) is 7.34. The Labute approximate surface area is 182 Å². The molecule has 0 radical (unpaired) electrons. The molecule has 0 bridgehead atoms. The number of carbonyl (C=O) groups excluding carboxylic acids is 1. The number of benzene rings is 3. The van der Waals surface area contributed by atoms with Crippen LogP contribution in [0.3, 0.4) is 0 Å². The molecule has 0 fully saturated rings. The molecule has 32 heavy (non-hydrogen) atoms. The van der Waals surface area contributed by atoms with Gasteiger partial charge >= 0.3 is 0 Å². The molecule has 7 heteroatoms. The zero-order valence-electron chi connectivity index (χ0n) is 17.1. The number of aromatic nitrogens is 3. The molecule has 7 nitrogen and oxygen atoms in total. The summed E-state index contributed by atoms with van der Waals surface area (Å²) in [6.45, 7) is 2.00. The number of carbonyl (C=O) groups is 1. The Kier molecular flexibility index (Phi) is 4.84. The Morgan fingerprint density at radius 3 is 2.34 bits per heavy atom. The van der Waals surface area contributed by atoms with Crippen LogP contribution in [0.15, 0.2) is 94.2 Å². The van der Waals surface area contributed by atoms with Crippen LogP contribution in [0.25, 0.3) is 27.7 Å². The Bertz CT molecular complexity index is 1490. The standard InChI is InChI=1S/C25H18N4O3/c1-16-11-13-17(14-12-16)21-15-22(32-28-21)26-24(30)23-19-9-5-6-10-20(19)25(31)29(27-23)18-7-3-2-4-8-18/h2-15H,1H3,(H,26,30). The molecule has 0 unspecified atom stereocenters. The average Bonchev–Trinajstić information content (AvgIpc) is 3.29. The van der Waals surface area contributed by atoms with Gasteiger partial charge in [-0.15, -0.1) is 0 Å². The van der Waals surface area contributed by atoms with Crippen LogP contribution in [-0.2, 0) is 0 Å². The van der Waals surface area contributed by atoms with E-state index >= 15 is 0 Å². The summed E-state index contributed by atoms with van der Waals surface area (Å²) in [5, 5.41) is 12.0. The lowest BCUT2D eigenvalue weighted by atomic mass is 10.1. The third-order valence-electron chi connectivity index (χ3n) is 5.12. The normalized spacial score (nSPS) is 10.9. The summed E-state index contributed by atoms with van der Waals surface area (Å²) in [7, 11) is 0. The maximum Gasteiger partial charge on any atom is 0.279 e. The number of hydrogen-bond donors (Lipinski definition) is 1. The van der Waals surface area contributed by atoms with Gasteiger partial charge in [0.15, 0.2) is 5.69 Å². The van der Waals surface area contributed by atoms with E-state index < -0.39 is 5.91 Å². The predicted octanol–water partition coefficient (Wildman–Crippen LogP) is 4.60. The molecule has 0 aliphatic carbocycles. The van der Waals surface area contributed by atoms with Gasteiger partial charge in [0, 0.05) is 17.0 Å². The molecular weight excluding hydrogens is 404 g/mol. The molecule has 2 heterocycles. The molecule has 0 saturated carbocycles. The van der Waals surface area contributed by atoms with E-state index in [1.165, 1.54) is 4.68 Å². The van der Waals surface area contributed by atoms with Crippen LogP contribution in [0.5, 0.6) is 0 Å². The first kappa shape index (κ1) is 19.4. The zero-order valence-corrected chi connectivity index (χ0v) is 17.1. The van der Waals surface area contributed by atoms with Crippen molar-refractivity contribution in [3.05, 3.63) is 107 Å². The minimum absolute atomic E-state index is 0.109. The molecule has 0 aliphatic rings. The van der Waals surface area contributed by atoms with Crippen molar-refractivity contribution < 1.29 is 9.32 Å². The fourth-order valence-electron chi connectivity index (χ4n) is 3.47. The Morgan fingerprint density at radius 2 is 1.59 bits per heavy atom. The first-order valence-electron chi connectivity index (χ1n) is 10.0. The van der Waals surface area contributed by atoms with E-state index in [1.807, 2.05) is 37.3 Å². The lowest BCUT2D eigenvalue weighted by molar-refractivity contribution is 0.101. The number of amides is 1. The number of para-hydroxylation sites is 1. The van der Waals surface area contributed by atoms with Crippen molar-refractivity contribution in [1.82, 2.24) is 14.9 Å². The van der Waals surface area contributed by atoms with Crippen LogP contribution in [0.4, 0.5) is 5.88 Å². The third kappa shape index (κ3) is 3.56. The van der Waals surface area contributed by atoms with E-state index in [0.717, 1.165) is 11.1 Å². The lowest BCUT2D eigenvalue weighted by Crippen LogP contribution is -2.26. The quantitative estimate of drug-likeness (QED) is 0.457. The minimum atomic E-state index is -0.502. The predicted molar refractivity (Wildman–Crippen MR) is 122 cm³/mol. The highest BCUT2D eigenvalue weighted by Gasteiger charge is 2.19. The van der Waals surface area contributed by atoms with Crippen molar-refractivity contribution in [2.45, 2.75) is 6.92 Å². The van der Waals surface area contributed by atoms with Crippen LogP contribution < -0.4 is 10.9 Å². The highest BCUT2D eigenvalue weighted by molar-refractivity contribution is 6.10. The maximum absolute atomic E-state index is 13.1. The van der Waals surface area contributed by atoms with Crippen molar-refractivity contribution in [2.75, 3.05) is 5.32 Å². The Hall–Kier alpha value is -4.52. The molecule has 5 rings (SSSR count). The van der Waals surface area contributed by atoms with Crippen molar-refractivity contribution >= 4 is 22.6 Å². The summed E-state index contributed by atoms with van der Waals surface area (Å²) >= 11 is 0. The Morgan fingerprint density at radius 1 is 0.906 bits per heavy atom. The third-order valence-corrected chi connectivity index (χ3v) is 5.12. The number of fused-ring (bicyclic) bond motifs is 1. The van der Waals surface area contributed by atoms with Crippen LogP contribution in [0, 0.1) is 6.92 Å². The summed E-state index contributed by atoms with van der Waals surface area (Å²) in [6.07, 6.45) is 0.